The highest BCUT2D eigenvalue weighted by Crippen LogP contribution is 2.29. The van der Waals surface area contributed by atoms with Gasteiger partial charge in [-0.05, 0) is 30.7 Å². The Morgan fingerprint density at radius 2 is 2.05 bits per heavy atom. The van der Waals surface area contributed by atoms with E-state index in [4.69, 9.17) is 27.3 Å². The van der Waals surface area contributed by atoms with Crippen LogP contribution in [0.25, 0.3) is 0 Å². The van der Waals surface area contributed by atoms with Crippen molar-refractivity contribution in [3.8, 4) is 11.5 Å². The monoisotopic (exact) mass is 294 g/mol. The van der Waals surface area contributed by atoms with Crippen molar-refractivity contribution in [2.75, 3.05) is 0 Å². The molecule has 0 unspecified atom stereocenters. The number of amidine groups is 1. The number of ether oxygens (including phenoxy) is 1. The maximum Gasteiger partial charge on any atom is 0.171 e. The van der Waals surface area contributed by atoms with Gasteiger partial charge in [0.2, 0.25) is 0 Å². The molecule has 6 heteroatoms. The molecule has 4 nitrogen and oxygen atoms in total. The van der Waals surface area contributed by atoms with E-state index in [1.54, 1.807) is 25.1 Å². The van der Waals surface area contributed by atoms with Crippen LogP contribution in [-0.2, 0) is 0 Å². The lowest BCUT2D eigenvalue weighted by Gasteiger charge is -2.10. The Labute approximate surface area is 120 Å². The first kappa shape index (κ1) is 14.1. The van der Waals surface area contributed by atoms with Gasteiger partial charge in [-0.15, -0.1) is 0 Å². The Hall–Kier alpha value is -2.27. The molecule has 0 atom stereocenters. The number of hydrogen-bond donors (Lipinski definition) is 2. The van der Waals surface area contributed by atoms with Gasteiger partial charge in [0.15, 0.2) is 5.84 Å². The number of halogens is 2. The fraction of sp³-hybridized carbons (Fsp3) is 0.0714. The molecule has 0 aromatic heterocycles. The van der Waals surface area contributed by atoms with Crippen molar-refractivity contribution >= 4 is 17.4 Å². The van der Waals surface area contributed by atoms with Crippen LogP contribution in [-0.4, -0.2) is 11.0 Å². The number of aryl methyl sites for hydroxylation is 1. The molecular weight excluding hydrogens is 283 g/mol. The average Bonchev–Trinajstić information content (AvgIpc) is 2.42. The summed E-state index contributed by atoms with van der Waals surface area (Å²) in [5.74, 6) is 0.351. The van der Waals surface area contributed by atoms with E-state index in [2.05, 4.69) is 5.16 Å². The van der Waals surface area contributed by atoms with Crippen LogP contribution in [0.1, 0.15) is 11.1 Å². The molecule has 0 saturated carbocycles. The van der Waals surface area contributed by atoms with Crippen molar-refractivity contribution in [3.63, 3.8) is 0 Å². The molecule has 0 radical (unpaired) electrons. The second-order valence-electron chi connectivity index (χ2n) is 4.14. The quantitative estimate of drug-likeness (QED) is 0.393. The molecule has 2 aromatic rings. The Morgan fingerprint density at radius 3 is 2.70 bits per heavy atom. The number of nitrogens with zero attached hydrogens (tertiary/aromatic N) is 1. The molecule has 0 aliphatic heterocycles. The van der Waals surface area contributed by atoms with Crippen molar-refractivity contribution in [1.82, 2.24) is 0 Å². The fourth-order valence-corrected chi connectivity index (χ4v) is 1.90. The molecule has 0 bridgehead atoms. The van der Waals surface area contributed by atoms with Gasteiger partial charge in [-0.2, -0.15) is 0 Å². The van der Waals surface area contributed by atoms with Crippen LogP contribution in [0.15, 0.2) is 41.6 Å². The molecule has 0 fully saturated rings. The summed E-state index contributed by atoms with van der Waals surface area (Å²) in [4.78, 5) is 0. The van der Waals surface area contributed by atoms with E-state index in [9.17, 15) is 4.39 Å². The van der Waals surface area contributed by atoms with Crippen LogP contribution >= 0.6 is 11.6 Å². The van der Waals surface area contributed by atoms with Gasteiger partial charge < -0.3 is 15.7 Å². The molecule has 3 N–H and O–H groups in total. The number of nitrogens with two attached hydrogens (primary N) is 1. The minimum Gasteiger partial charge on any atom is -0.457 e. The van der Waals surface area contributed by atoms with Gasteiger partial charge in [-0.3, -0.25) is 0 Å². The van der Waals surface area contributed by atoms with Crippen LogP contribution in [0.5, 0.6) is 11.5 Å². The Balaban J connectivity index is 2.31. The largest absolute Gasteiger partial charge is 0.457 e. The standard InChI is InChI=1S/C14H12ClFN2O2/c1-8-2-3-9(16)6-13(8)20-10-4-5-11(12(15)7-10)14(17)18-19/h2-7,19H,1H3,(H2,17,18). The molecule has 20 heavy (non-hydrogen) atoms. The third-order valence-electron chi connectivity index (χ3n) is 2.70. The van der Waals surface area contributed by atoms with Crippen LogP contribution in [0, 0.1) is 12.7 Å². The zero-order valence-electron chi connectivity index (χ0n) is 10.6. The molecule has 0 amide bonds. The molecule has 2 rings (SSSR count). The first-order valence-corrected chi connectivity index (χ1v) is 6.10. The Morgan fingerprint density at radius 1 is 1.30 bits per heavy atom. The highest BCUT2D eigenvalue weighted by Gasteiger charge is 2.09. The van der Waals surface area contributed by atoms with E-state index >= 15 is 0 Å². The smallest absolute Gasteiger partial charge is 0.171 e. The first-order chi connectivity index (χ1) is 9.51. The highest BCUT2D eigenvalue weighted by molar-refractivity contribution is 6.34. The zero-order valence-corrected chi connectivity index (χ0v) is 11.4. The van der Waals surface area contributed by atoms with Crippen molar-refractivity contribution in [1.29, 1.82) is 0 Å². The van der Waals surface area contributed by atoms with Crippen LogP contribution in [0.4, 0.5) is 4.39 Å². The molecular formula is C14H12ClFN2O2. The second kappa shape index (κ2) is 5.79. The van der Waals surface area contributed by atoms with E-state index < -0.39 is 0 Å². The summed E-state index contributed by atoms with van der Waals surface area (Å²) in [6, 6.07) is 8.94. The van der Waals surface area contributed by atoms with Gasteiger partial charge >= 0.3 is 0 Å². The number of rotatable bonds is 3. The van der Waals surface area contributed by atoms with E-state index in [0.717, 1.165) is 5.56 Å². The third kappa shape index (κ3) is 3.00. The lowest BCUT2D eigenvalue weighted by Crippen LogP contribution is -2.13. The maximum absolute atomic E-state index is 13.2. The van der Waals surface area contributed by atoms with E-state index in [0.29, 0.717) is 17.1 Å². The Bertz CT molecular complexity index is 674. The van der Waals surface area contributed by atoms with Gasteiger partial charge in [0.1, 0.15) is 17.3 Å². The Kier molecular flexibility index (Phi) is 4.10. The van der Waals surface area contributed by atoms with Crippen LogP contribution in [0.2, 0.25) is 5.02 Å². The summed E-state index contributed by atoms with van der Waals surface area (Å²) in [7, 11) is 0. The SMILES string of the molecule is Cc1ccc(F)cc1Oc1ccc(/C(N)=N/O)c(Cl)c1. The molecule has 0 aliphatic rings. The van der Waals surface area contributed by atoms with Crippen LogP contribution in [0.3, 0.4) is 0 Å². The summed E-state index contributed by atoms with van der Waals surface area (Å²) in [5, 5.41) is 11.8. The van der Waals surface area contributed by atoms with E-state index in [1.807, 2.05) is 0 Å². The van der Waals surface area contributed by atoms with Gasteiger partial charge in [-0.25, -0.2) is 4.39 Å². The molecule has 0 saturated heterocycles. The minimum atomic E-state index is -0.384. The molecule has 104 valence electrons. The molecule has 0 spiro atoms. The van der Waals surface area contributed by atoms with Gasteiger partial charge in [0.05, 0.1) is 5.02 Å². The average molecular weight is 295 g/mol. The molecule has 0 heterocycles. The summed E-state index contributed by atoms with van der Waals surface area (Å²) in [6.07, 6.45) is 0. The topological polar surface area (TPSA) is 67.8 Å². The van der Waals surface area contributed by atoms with E-state index in [-0.39, 0.29) is 16.7 Å². The predicted molar refractivity (Wildman–Crippen MR) is 75.2 cm³/mol. The number of hydrogen-bond acceptors (Lipinski definition) is 3. The maximum atomic E-state index is 13.2. The summed E-state index contributed by atoms with van der Waals surface area (Å²) < 4.78 is 18.8. The lowest BCUT2D eigenvalue weighted by atomic mass is 10.2. The van der Waals surface area contributed by atoms with Crippen molar-refractivity contribution in [2.45, 2.75) is 6.92 Å². The van der Waals surface area contributed by atoms with Crippen molar-refractivity contribution < 1.29 is 14.3 Å². The van der Waals surface area contributed by atoms with E-state index in [1.165, 1.54) is 18.2 Å². The third-order valence-corrected chi connectivity index (χ3v) is 3.01. The second-order valence-corrected chi connectivity index (χ2v) is 4.55. The minimum absolute atomic E-state index is 0.0940. The summed E-state index contributed by atoms with van der Waals surface area (Å²) >= 11 is 6.01. The first-order valence-electron chi connectivity index (χ1n) is 5.72. The molecule has 0 aliphatic carbocycles. The van der Waals surface area contributed by atoms with Gasteiger partial charge in [0, 0.05) is 17.7 Å². The fourth-order valence-electron chi connectivity index (χ4n) is 1.63. The zero-order chi connectivity index (χ0) is 14.7. The predicted octanol–water partition coefficient (Wildman–Crippen LogP) is 3.67. The normalized spacial score (nSPS) is 11.4. The van der Waals surface area contributed by atoms with Crippen LogP contribution < -0.4 is 10.5 Å². The lowest BCUT2D eigenvalue weighted by molar-refractivity contribution is 0.318. The van der Waals surface area contributed by atoms with Crippen molar-refractivity contribution in [2.24, 2.45) is 10.9 Å². The number of oxime groups is 1. The highest BCUT2D eigenvalue weighted by atomic mass is 35.5. The molecule has 2 aromatic carbocycles. The summed E-state index contributed by atoms with van der Waals surface area (Å²) in [5.41, 5.74) is 6.65. The van der Waals surface area contributed by atoms with Gasteiger partial charge in [-0.1, -0.05) is 22.8 Å². The summed E-state index contributed by atoms with van der Waals surface area (Å²) in [6.45, 7) is 1.81. The number of benzene rings is 2. The van der Waals surface area contributed by atoms with Gasteiger partial charge in [0.25, 0.3) is 0 Å². The van der Waals surface area contributed by atoms with Crippen molar-refractivity contribution in [3.05, 3.63) is 58.4 Å².